The van der Waals surface area contributed by atoms with Crippen LogP contribution in [0, 0.1) is 0 Å². The largest absolute Gasteiger partial charge is 0.497 e. The number of hydrogen-bond acceptors (Lipinski definition) is 7. The van der Waals surface area contributed by atoms with Gasteiger partial charge in [0.1, 0.15) is 10.6 Å². The molecule has 0 bridgehead atoms. The SMILES string of the molecule is COc1cccc(NC(=O)COC(=O)c2ccc(Cl)c(S(=O)(=O)N(C)OC)c2)c1. The summed E-state index contributed by atoms with van der Waals surface area (Å²) >= 11 is 5.94. The molecule has 0 radical (unpaired) electrons. The molecule has 0 spiro atoms. The molecule has 9 nitrogen and oxygen atoms in total. The number of benzene rings is 2. The lowest BCUT2D eigenvalue weighted by Crippen LogP contribution is -2.26. The maximum absolute atomic E-state index is 12.4. The summed E-state index contributed by atoms with van der Waals surface area (Å²) in [7, 11) is -0.229. The van der Waals surface area contributed by atoms with Gasteiger partial charge in [0, 0.05) is 18.8 Å². The number of hydrogen-bond donors (Lipinski definition) is 1. The van der Waals surface area contributed by atoms with Crippen molar-refractivity contribution in [3.63, 3.8) is 0 Å². The van der Waals surface area contributed by atoms with E-state index in [0.29, 0.717) is 15.9 Å². The van der Waals surface area contributed by atoms with E-state index in [0.717, 1.165) is 6.07 Å². The van der Waals surface area contributed by atoms with E-state index in [-0.39, 0.29) is 15.5 Å². The quantitative estimate of drug-likeness (QED) is 0.493. The van der Waals surface area contributed by atoms with Crippen molar-refractivity contribution in [3.8, 4) is 5.75 Å². The minimum absolute atomic E-state index is 0.0911. The first-order valence-corrected chi connectivity index (χ1v) is 9.94. The molecule has 1 amide bonds. The molecular weight excluding hydrogens is 424 g/mol. The molecule has 0 aliphatic carbocycles. The van der Waals surface area contributed by atoms with E-state index in [1.807, 2.05) is 0 Å². The van der Waals surface area contributed by atoms with E-state index in [1.54, 1.807) is 24.3 Å². The number of esters is 1. The lowest BCUT2D eigenvalue weighted by atomic mass is 10.2. The Bertz CT molecular complexity index is 1010. The number of sulfonamides is 1. The fourth-order valence-corrected chi connectivity index (χ4v) is 3.65. The average molecular weight is 443 g/mol. The second kappa shape index (κ2) is 9.70. The maximum Gasteiger partial charge on any atom is 0.338 e. The van der Waals surface area contributed by atoms with Crippen LogP contribution >= 0.6 is 11.6 Å². The molecule has 0 unspecified atom stereocenters. The molecule has 0 saturated carbocycles. The molecule has 29 heavy (non-hydrogen) atoms. The Morgan fingerprint density at radius 3 is 2.52 bits per heavy atom. The first-order valence-electron chi connectivity index (χ1n) is 8.12. The Morgan fingerprint density at radius 1 is 1.14 bits per heavy atom. The van der Waals surface area contributed by atoms with Gasteiger partial charge in [-0.3, -0.25) is 9.63 Å². The highest BCUT2D eigenvalue weighted by Gasteiger charge is 2.25. The highest BCUT2D eigenvalue weighted by atomic mass is 35.5. The minimum atomic E-state index is -4.07. The van der Waals surface area contributed by atoms with E-state index in [2.05, 4.69) is 10.2 Å². The molecule has 156 valence electrons. The normalized spacial score (nSPS) is 11.2. The third kappa shape index (κ3) is 5.67. The molecular formula is C18H19ClN2O7S. The van der Waals surface area contributed by atoms with Crippen LogP contribution in [0.5, 0.6) is 5.75 Å². The second-order valence-corrected chi connectivity index (χ2v) is 7.91. The van der Waals surface area contributed by atoms with Crippen LogP contribution in [0.1, 0.15) is 10.4 Å². The van der Waals surface area contributed by atoms with Crippen LogP contribution in [-0.4, -0.2) is 52.6 Å². The lowest BCUT2D eigenvalue weighted by Gasteiger charge is -2.15. The Kier molecular flexibility index (Phi) is 7.57. The number of amides is 1. The molecule has 2 rings (SSSR count). The molecule has 2 aromatic rings. The summed E-state index contributed by atoms with van der Waals surface area (Å²) in [4.78, 5) is 28.6. The standard InChI is InChI=1S/C18H19ClN2O7S/c1-21(27-3)29(24,25)16-9-12(7-8-15(16)19)18(23)28-11-17(22)20-13-5-4-6-14(10-13)26-2/h4-10H,11H2,1-3H3,(H,20,22). The van der Waals surface area contributed by atoms with Crippen LogP contribution in [0.4, 0.5) is 5.69 Å². The Hall–Kier alpha value is -2.66. The molecule has 2 aromatic carbocycles. The van der Waals surface area contributed by atoms with E-state index >= 15 is 0 Å². The predicted octanol–water partition coefficient (Wildman–Crippen LogP) is 2.33. The van der Waals surface area contributed by atoms with E-state index < -0.39 is 28.5 Å². The first kappa shape index (κ1) is 22.6. The van der Waals surface area contributed by atoms with Crippen LogP contribution in [-0.2, 0) is 24.4 Å². The summed E-state index contributed by atoms with van der Waals surface area (Å²) in [6.07, 6.45) is 0. The van der Waals surface area contributed by atoms with Crippen molar-refractivity contribution in [3.05, 3.63) is 53.1 Å². The van der Waals surface area contributed by atoms with Gasteiger partial charge in [-0.25, -0.2) is 13.2 Å². The third-order valence-corrected chi connectivity index (χ3v) is 5.89. The molecule has 0 fully saturated rings. The Balaban J connectivity index is 2.07. The van der Waals surface area contributed by atoms with Crippen LogP contribution in [0.15, 0.2) is 47.4 Å². The topological polar surface area (TPSA) is 111 Å². The van der Waals surface area contributed by atoms with Gasteiger partial charge in [-0.05, 0) is 30.3 Å². The number of carbonyl (C=O) groups excluding carboxylic acids is 2. The molecule has 0 atom stereocenters. The van der Waals surface area contributed by atoms with Crippen LogP contribution < -0.4 is 10.1 Å². The van der Waals surface area contributed by atoms with Crippen LogP contribution in [0.2, 0.25) is 5.02 Å². The van der Waals surface area contributed by atoms with Gasteiger partial charge in [0.15, 0.2) is 6.61 Å². The second-order valence-electron chi connectivity index (χ2n) is 5.60. The monoisotopic (exact) mass is 442 g/mol. The number of carbonyl (C=O) groups is 2. The van der Waals surface area contributed by atoms with Crippen molar-refractivity contribution in [2.45, 2.75) is 4.90 Å². The lowest BCUT2D eigenvalue weighted by molar-refractivity contribution is -0.119. The number of rotatable bonds is 8. The molecule has 0 aliphatic rings. The Morgan fingerprint density at radius 2 is 1.86 bits per heavy atom. The number of hydroxylamine groups is 1. The van der Waals surface area contributed by atoms with Gasteiger partial charge < -0.3 is 14.8 Å². The molecule has 0 heterocycles. The summed E-state index contributed by atoms with van der Waals surface area (Å²) in [6.45, 7) is -0.571. The van der Waals surface area contributed by atoms with E-state index in [1.165, 1.54) is 33.4 Å². The number of halogens is 1. The van der Waals surface area contributed by atoms with Gasteiger partial charge in [0.05, 0.1) is 24.8 Å². The molecule has 1 N–H and O–H groups in total. The smallest absolute Gasteiger partial charge is 0.338 e. The maximum atomic E-state index is 12.4. The zero-order valence-electron chi connectivity index (χ0n) is 15.8. The number of anilines is 1. The number of nitrogens with one attached hydrogen (secondary N) is 1. The summed E-state index contributed by atoms with van der Waals surface area (Å²) in [5.41, 5.74) is 0.375. The highest BCUT2D eigenvalue weighted by Crippen LogP contribution is 2.25. The molecule has 0 saturated heterocycles. The fourth-order valence-electron chi connectivity index (χ4n) is 2.18. The highest BCUT2D eigenvalue weighted by molar-refractivity contribution is 7.89. The van der Waals surface area contributed by atoms with Crippen LogP contribution in [0.25, 0.3) is 0 Å². The third-order valence-electron chi connectivity index (χ3n) is 3.73. The molecule has 11 heteroatoms. The first-order chi connectivity index (χ1) is 13.7. The summed E-state index contributed by atoms with van der Waals surface area (Å²) in [6, 6.07) is 10.2. The van der Waals surface area contributed by atoms with Crippen LogP contribution in [0.3, 0.4) is 0 Å². The zero-order chi connectivity index (χ0) is 21.6. The van der Waals surface area contributed by atoms with Crippen molar-refractivity contribution in [1.82, 2.24) is 4.47 Å². The molecule has 0 aromatic heterocycles. The van der Waals surface area contributed by atoms with Gasteiger partial charge in [0.2, 0.25) is 0 Å². The van der Waals surface area contributed by atoms with Gasteiger partial charge >= 0.3 is 5.97 Å². The zero-order valence-corrected chi connectivity index (χ0v) is 17.4. The summed E-state index contributed by atoms with van der Waals surface area (Å²) < 4.78 is 35.3. The van der Waals surface area contributed by atoms with Gasteiger partial charge in [-0.2, -0.15) is 0 Å². The fraction of sp³-hybridized carbons (Fsp3) is 0.222. The van der Waals surface area contributed by atoms with Gasteiger partial charge in [-0.1, -0.05) is 22.1 Å². The van der Waals surface area contributed by atoms with E-state index in [4.69, 9.17) is 21.1 Å². The summed E-state index contributed by atoms with van der Waals surface area (Å²) in [5.74, 6) is -0.915. The Labute approximate surface area is 173 Å². The van der Waals surface area contributed by atoms with Crippen molar-refractivity contribution < 1.29 is 32.3 Å². The van der Waals surface area contributed by atoms with Crippen molar-refractivity contribution in [1.29, 1.82) is 0 Å². The predicted molar refractivity (Wildman–Crippen MR) is 105 cm³/mol. The minimum Gasteiger partial charge on any atom is -0.497 e. The van der Waals surface area contributed by atoms with Gasteiger partial charge in [0.25, 0.3) is 15.9 Å². The van der Waals surface area contributed by atoms with Crippen molar-refractivity contribution in [2.24, 2.45) is 0 Å². The number of nitrogens with zero attached hydrogens (tertiary/aromatic N) is 1. The van der Waals surface area contributed by atoms with Crippen molar-refractivity contribution >= 4 is 39.2 Å². The van der Waals surface area contributed by atoms with Gasteiger partial charge in [-0.15, -0.1) is 0 Å². The average Bonchev–Trinajstić information content (AvgIpc) is 2.71. The summed E-state index contributed by atoms with van der Waals surface area (Å²) in [5, 5.41) is 2.46. The molecule has 0 aliphatic heterocycles. The van der Waals surface area contributed by atoms with E-state index in [9.17, 15) is 18.0 Å². The number of methoxy groups -OCH3 is 1. The van der Waals surface area contributed by atoms with Crippen molar-refractivity contribution in [2.75, 3.05) is 33.2 Å². The number of ether oxygens (including phenoxy) is 2.